The van der Waals surface area contributed by atoms with Crippen LogP contribution in [0.4, 0.5) is 5.95 Å². The molecule has 0 amide bonds. The third-order valence-electron chi connectivity index (χ3n) is 2.60. The lowest BCUT2D eigenvalue weighted by atomic mass is 10.1. The molecule has 1 aromatic heterocycles. The molecular weight excluding hydrogens is 234 g/mol. The quantitative estimate of drug-likeness (QED) is 0.775. The van der Waals surface area contributed by atoms with E-state index in [9.17, 15) is 4.79 Å². The third-order valence-corrected chi connectivity index (χ3v) is 2.60. The van der Waals surface area contributed by atoms with Gasteiger partial charge in [0.1, 0.15) is 13.2 Å². The molecule has 2 aromatic rings. The molecule has 1 aliphatic rings. The van der Waals surface area contributed by atoms with E-state index in [4.69, 9.17) is 15.2 Å². The minimum atomic E-state index is -0.285. The summed E-state index contributed by atoms with van der Waals surface area (Å²) in [5.41, 5.74) is 6.50. The zero-order valence-corrected chi connectivity index (χ0v) is 9.47. The molecule has 92 valence electrons. The Labute approximate surface area is 102 Å². The average molecular weight is 245 g/mol. The Hall–Kier alpha value is -2.50. The maximum Gasteiger partial charge on any atom is 0.252 e. The van der Waals surface area contributed by atoms with Gasteiger partial charge >= 0.3 is 0 Å². The van der Waals surface area contributed by atoms with Crippen LogP contribution in [0.15, 0.2) is 29.1 Å². The minimum absolute atomic E-state index is 0.0902. The Morgan fingerprint density at radius 2 is 1.94 bits per heavy atom. The lowest BCUT2D eigenvalue weighted by Crippen LogP contribution is -2.15. The van der Waals surface area contributed by atoms with E-state index >= 15 is 0 Å². The van der Waals surface area contributed by atoms with Gasteiger partial charge in [0.15, 0.2) is 11.5 Å². The lowest BCUT2D eigenvalue weighted by molar-refractivity contribution is 0.171. The van der Waals surface area contributed by atoms with Crippen LogP contribution in [-0.4, -0.2) is 23.2 Å². The Morgan fingerprint density at radius 3 is 2.72 bits per heavy atom. The van der Waals surface area contributed by atoms with Crippen LogP contribution < -0.4 is 20.8 Å². The summed E-state index contributed by atoms with van der Waals surface area (Å²) in [6.45, 7) is 1.06. The first-order valence-electron chi connectivity index (χ1n) is 5.49. The van der Waals surface area contributed by atoms with Crippen molar-refractivity contribution in [1.82, 2.24) is 9.97 Å². The standard InChI is InChI=1S/C12H11N3O3/c13-12-14-8(6-11(16)15-12)7-1-2-9-10(5-7)18-4-3-17-9/h1-2,5-6H,3-4H2,(H3,13,14,15,16). The summed E-state index contributed by atoms with van der Waals surface area (Å²) in [7, 11) is 0. The number of ether oxygens (including phenoxy) is 2. The van der Waals surface area contributed by atoms with E-state index < -0.39 is 0 Å². The molecule has 1 aromatic carbocycles. The molecule has 0 saturated carbocycles. The molecule has 0 spiro atoms. The van der Waals surface area contributed by atoms with Crippen LogP contribution in [0.3, 0.4) is 0 Å². The second-order valence-corrected chi connectivity index (χ2v) is 3.87. The number of nitrogens with two attached hydrogens (primary N) is 1. The number of nitrogen functional groups attached to an aromatic ring is 1. The first-order chi connectivity index (χ1) is 8.72. The van der Waals surface area contributed by atoms with E-state index in [2.05, 4.69) is 9.97 Å². The van der Waals surface area contributed by atoms with E-state index in [1.165, 1.54) is 6.07 Å². The highest BCUT2D eigenvalue weighted by Crippen LogP contribution is 2.33. The number of hydrogen-bond donors (Lipinski definition) is 2. The van der Waals surface area contributed by atoms with Gasteiger partial charge in [-0.1, -0.05) is 0 Å². The summed E-state index contributed by atoms with van der Waals surface area (Å²) in [5.74, 6) is 1.44. The Kier molecular flexibility index (Phi) is 2.40. The third kappa shape index (κ3) is 1.88. The van der Waals surface area contributed by atoms with Gasteiger partial charge in [0.05, 0.1) is 5.69 Å². The number of aromatic nitrogens is 2. The van der Waals surface area contributed by atoms with Crippen molar-refractivity contribution in [3.8, 4) is 22.8 Å². The molecule has 1 aliphatic heterocycles. The van der Waals surface area contributed by atoms with Gasteiger partial charge in [-0.15, -0.1) is 0 Å². The largest absolute Gasteiger partial charge is 0.486 e. The van der Waals surface area contributed by atoms with Crippen LogP contribution in [-0.2, 0) is 0 Å². The van der Waals surface area contributed by atoms with Gasteiger partial charge in [0, 0.05) is 11.6 Å². The van der Waals surface area contributed by atoms with Crippen LogP contribution in [0.5, 0.6) is 11.5 Å². The number of aromatic amines is 1. The van der Waals surface area contributed by atoms with Crippen molar-refractivity contribution in [2.24, 2.45) is 0 Å². The molecular formula is C12H11N3O3. The van der Waals surface area contributed by atoms with Crippen LogP contribution in [0.1, 0.15) is 0 Å². The summed E-state index contributed by atoms with van der Waals surface area (Å²) in [4.78, 5) is 17.8. The Balaban J connectivity index is 2.08. The Morgan fingerprint density at radius 1 is 1.17 bits per heavy atom. The van der Waals surface area contributed by atoms with Gasteiger partial charge in [-0.25, -0.2) is 4.98 Å². The molecule has 3 N–H and O–H groups in total. The van der Waals surface area contributed by atoms with Crippen LogP contribution in [0, 0.1) is 0 Å². The number of rotatable bonds is 1. The van der Waals surface area contributed by atoms with E-state index in [0.717, 1.165) is 5.56 Å². The minimum Gasteiger partial charge on any atom is -0.486 e. The zero-order chi connectivity index (χ0) is 12.5. The SMILES string of the molecule is Nc1nc(-c2ccc3c(c2)OCCO3)cc(=O)[nH]1. The van der Waals surface area contributed by atoms with Crippen molar-refractivity contribution < 1.29 is 9.47 Å². The molecule has 3 rings (SSSR count). The molecule has 18 heavy (non-hydrogen) atoms. The fourth-order valence-corrected chi connectivity index (χ4v) is 1.83. The molecule has 0 fully saturated rings. The molecule has 0 bridgehead atoms. The number of fused-ring (bicyclic) bond motifs is 1. The number of hydrogen-bond acceptors (Lipinski definition) is 5. The van der Waals surface area contributed by atoms with E-state index in [0.29, 0.717) is 30.4 Å². The monoisotopic (exact) mass is 245 g/mol. The average Bonchev–Trinajstić information content (AvgIpc) is 2.37. The highest BCUT2D eigenvalue weighted by Gasteiger charge is 2.13. The molecule has 0 atom stereocenters. The maximum absolute atomic E-state index is 11.3. The molecule has 6 heteroatoms. The van der Waals surface area contributed by atoms with Crippen molar-refractivity contribution >= 4 is 5.95 Å². The van der Waals surface area contributed by atoms with Crippen LogP contribution >= 0.6 is 0 Å². The summed E-state index contributed by atoms with van der Waals surface area (Å²) in [6.07, 6.45) is 0. The molecule has 0 unspecified atom stereocenters. The lowest BCUT2D eigenvalue weighted by Gasteiger charge is -2.18. The topological polar surface area (TPSA) is 90.2 Å². The number of nitrogens with one attached hydrogen (secondary N) is 1. The zero-order valence-electron chi connectivity index (χ0n) is 9.47. The smallest absolute Gasteiger partial charge is 0.252 e. The number of H-pyrrole nitrogens is 1. The van der Waals surface area contributed by atoms with Crippen molar-refractivity contribution in [3.63, 3.8) is 0 Å². The van der Waals surface area contributed by atoms with Crippen molar-refractivity contribution in [2.45, 2.75) is 0 Å². The highest BCUT2D eigenvalue weighted by molar-refractivity contribution is 5.64. The van der Waals surface area contributed by atoms with E-state index in [-0.39, 0.29) is 11.5 Å². The molecule has 6 nitrogen and oxygen atoms in total. The second kappa shape index (κ2) is 4.06. The van der Waals surface area contributed by atoms with Gasteiger partial charge < -0.3 is 15.2 Å². The Bertz CT molecular complexity index is 651. The van der Waals surface area contributed by atoms with Crippen molar-refractivity contribution in [1.29, 1.82) is 0 Å². The number of nitrogens with zero attached hydrogens (tertiary/aromatic N) is 1. The van der Waals surface area contributed by atoms with Crippen LogP contribution in [0.2, 0.25) is 0 Å². The molecule has 0 saturated heterocycles. The second-order valence-electron chi connectivity index (χ2n) is 3.87. The number of benzene rings is 1. The molecule has 2 heterocycles. The van der Waals surface area contributed by atoms with Crippen molar-refractivity contribution in [3.05, 3.63) is 34.6 Å². The van der Waals surface area contributed by atoms with Crippen molar-refractivity contribution in [2.75, 3.05) is 18.9 Å². The van der Waals surface area contributed by atoms with Gasteiger partial charge in [-0.2, -0.15) is 0 Å². The summed E-state index contributed by atoms with van der Waals surface area (Å²) in [5, 5.41) is 0. The van der Waals surface area contributed by atoms with E-state index in [1.54, 1.807) is 12.1 Å². The predicted octanol–water partition coefficient (Wildman–Crippen LogP) is 0.790. The highest BCUT2D eigenvalue weighted by atomic mass is 16.6. The van der Waals surface area contributed by atoms with Gasteiger partial charge in [-0.3, -0.25) is 9.78 Å². The molecule has 0 aliphatic carbocycles. The van der Waals surface area contributed by atoms with Crippen LogP contribution in [0.25, 0.3) is 11.3 Å². The maximum atomic E-state index is 11.3. The van der Waals surface area contributed by atoms with E-state index in [1.807, 2.05) is 6.07 Å². The van der Waals surface area contributed by atoms with Gasteiger partial charge in [0.25, 0.3) is 5.56 Å². The van der Waals surface area contributed by atoms with Gasteiger partial charge in [0.2, 0.25) is 5.95 Å². The summed E-state index contributed by atoms with van der Waals surface area (Å²) >= 11 is 0. The molecule has 0 radical (unpaired) electrons. The van der Waals surface area contributed by atoms with Gasteiger partial charge in [-0.05, 0) is 18.2 Å². The predicted molar refractivity (Wildman–Crippen MR) is 65.7 cm³/mol. The summed E-state index contributed by atoms with van der Waals surface area (Å²) < 4.78 is 10.9. The first-order valence-corrected chi connectivity index (χ1v) is 5.49. The number of anilines is 1. The fraction of sp³-hybridized carbons (Fsp3) is 0.167. The fourth-order valence-electron chi connectivity index (χ4n) is 1.83. The summed E-state index contributed by atoms with van der Waals surface area (Å²) in [6, 6.07) is 6.79. The normalized spacial score (nSPS) is 13.3. The first kappa shape index (κ1) is 10.6.